The largest absolute Gasteiger partial charge is 0.462 e. The minimum atomic E-state index is -0.308. The van der Waals surface area contributed by atoms with E-state index in [-0.39, 0.29) is 5.97 Å². The number of rotatable bonds is 4. The summed E-state index contributed by atoms with van der Waals surface area (Å²) in [5, 5.41) is 8.04. The van der Waals surface area contributed by atoms with E-state index in [0.717, 1.165) is 17.8 Å². The quantitative estimate of drug-likeness (QED) is 0.773. The maximum Gasteiger partial charge on any atom is 0.338 e. The lowest BCUT2D eigenvalue weighted by atomic mass is 10.2. The number of carbonyl (C=O) groups excluding carboxylic acids is 1. The van der Waals surface area contributed by atoms with Crippen LogP contribution in [0.4, 0.5) is 0 Å². The van der Waals surface area contributed by atoms with Crippen LogP contribution in [-0.4, -0.2) is 27.6 Å². The van der Waals surface area contributed by atoms with E-state index in [1.807, 2.05) is 25.3 Å². The van der Waals surface area contributed by atoms with Crippen molar-refractivity contribution in [1.29, 1.82) is 0 Å². The van der Waals surface area contributed by atoms with Crippen LogP contribution in [0.2, 0.25) is 0 Å². The van der Waals surface area contributed by atoms with Gasteiger partial charge in [-0.25, -0.2) is 9.48 Å². The summed E-state index contributed by atoms with van der Waals surface area (Å²) in [4.78, 5) is 11.5. The Labute approximate surface area is 105 Å². The van der Waals surface area contributed by atoms with Gasteiger partial charge in [-0.3, -0.25) is 0 Å². The minimum absolute atomic E-state index is 0.308. The van der Waals surface area contributed by atoms with E-state index in [9.17, 15) is 4.79 Å². The summed E-state index contributed by atoms with van der Waals surface area (Å²) in [5.74, 6) is -0.308. The van der Waals surface area contributed by atoms with Crippen molar-refractivity contribution in [2.75, 3.05) is 6.61 Å². The average molecular weight is 245 g/mol. The van der Waals surface area contributed by atoms with Crippen molar-refractivity contribution in [3.63, 3.8) is 0 Å². The van der Waals surface area contributed by atoms with Crippen molar-refractivity contribution < 1.29 is 9.53 Å². The van der Waals surface area contributed by atoms with Crippen LogP contribution in [0.25, 0.3) is 5.69 Å². The predicted molar refractivity (Wildman–Crippen MR) is 66.7 cm³/mol. The molecule has 1 aromatic carbocycles. The molecule has 1 aromatic heterocycles. The fourth-order valence-electron chi connectivity index (χ4n) is 1.55. The van der Waals surface area contributed by atoms with Crippen molar-refractivity contribution in [2.45, 2.75) is 20.3 Å². The number of hydrogen-bond donors (Lipinski definition) is 0. The number of aromatic nitrogens is 3. The average Bonchev–Trinajstić information content (AvgIpc) is 2.88. The molecule has 0 atom stereocenters. The number of benzene rings is 1. The molecule has 2 aromatic rings. The van der Waals surface area contributed by atoms with Crippen molar-refractivity contribution >= 4 is 5.97 Å². The highest BCUT2D eigenvalue weighted by atomic mass is 16.5. The molecule has 0 unspecified atom stereocenters. The third kappa shape index (κ3) is 2.56. The van der Waals surface area contributed by atoms with E-state index < -0.39 is 0 Å². The summed E-state index contributed by atoms with van der Waals surface area (Å²) in [6, 6.07) is 7.09. The Kier molecular flexibility index (Phi) is 3.72. The Morgan fingerprint density at radius 1 is 1.28 bits per heavy atom. The van der Waals surface area contributed by atoms with E-state index in [2.05, 4.69) is 10.3 Å². The number of esters is 1. The summed E-state index contributed by atoms with van der Waals surface area (Å²) in [5.41, 5.74) is 2.34. The molecule has 94 valence electrons. The van der Waals surface area contributed by atoms with Gasteiger partial charge in [0.25, 0.3) is 0 Å². The van der Waals surface area contributed by atoms with Crippen LogP contribution in [0, 0.1) is 0 Å². The molecule has 18 heavy (non-hydrogen) atoms. The first-order valence-corrected chi connectivity index (χ1v) is 5.93. The van der Waals surface area contributed by atoms with Crippen molar-refractivity contribution in [2.24, 2.45) is 0 Å². The molecule has 5 nitrogen and oxygen atoms in total. The summed E-state index contributed by atoms with van der Waals surface area (Å²) < 4.78 is 6.61. The molecule has 1 heterocycles. The SMILES string of the molecule is CCOC(=O)c1ccc(-n2cc(CC)nn2)cc1. The summed E-state index contributed by atoms with van der Waals surface area (Å²) >= 11 is 0. The lowest BCUT2D eigenvalue weighted by Crippen LogP contribution is -2.04. The second kappa shape index (κ2) is 5.44. The molecule has 0 aliphatic rings. The highest BCUT2D eigenvalue weighted by molar-refractivity contribution is 5.89. The molecule has 0 spiro atoms. The van der Waals surface area contributed by atoms with Crippen LogP contribution < -0.4 is 0 Å². The fraction of sp³-hybridized carbons (Fsp3) is 0.308. The second-order valence-electron chi connectivity index (χ2n) is 3.78. The van der Waals surface area contributed by atoms with E-state index in [4.69, 9.17) is 4.74 Å². The van der Waals surface area contributed by atoms with Gasteiger partial charge < -0.3 is 4.74 Å². The van der Waals surface area contributed by atoms with E-state index in [1.165, 1.54) is 0 Å². The minimum Gasteiger partial charge on any atom is -0.462 e. The van der Waals surface area contributed by atoms with Crippen LogP contribution >= 0.6 is 0 Å². The zero-order valence-corrected chi connectivity index (χ0v) is 10.5. The summed E-state index contributed by atoms with van der Waals surface area (Å²) in [6.07, 6.45) is 2.72. The normalized spacial score (nSPS) is 10.3. The van der Waals surface area contributed by atoms with Gasteiger partial charge in [0.2, 0.25) is 0 Å². The molecule has 0 amide bonds. The van der Waals surface area contributed by atoms with Gasteiger partial charge in [0.05, 0.1) is 29.7 Å². The molecule has 0 radical (unpaired) electrons. The molecule has 0 bridgehead atoms. The van der Waals surface area contributed by atoms with E-state index in [1.54, 1.807) is 23.7 Å². The smallest absolute Gasteiger partial charge is 0.338 e. The van der Waals surface area contributed by atoms with E-state index >= 15 is 0 Å². The molecular formula is C13H15N3O2. The lowest BCUT2D eigenvalue weighted by Gasteiger charge is -2.03. The standard InChI is InChI=1S/C13H15N3O2/c1-3-11-9-16(15-14-11)12-7-5-10(6-8-12)13(17)18-4-2/h5-9H,3-4H2,1-2H3. The maximum atomic E-state index is 11.5. The molecule has 0 fully saturated rings. The van der Waals surface area contributed by atoms with Crippen LogP contribution in [0.5, 0.6) is 0 Å². The van der Waals surface area contributed by atoms with Crippen LogP contribution in [-0.2, 0) is 11.2 Å². The Morgan fingerprint density at radius 2 is 2.00 bits per heavy atom. The number of carbonyl (C=O) groups is 1. The first-order chi connectivity index (χ1) is 8.74. The van der Waals surface area contributed by atoms with Gasteiger partial charge in [-0.1, -0.05) is 12.1 Å². The van der Waals surface area contributed by atoms with Crippen molar-refractivity contribution in [3.8, 4) is 5.69 Å². The number of nitrogens with zero attached hydrogens (tertiary/aromatic N) is 3. The first-order valence-electron chi connectivity index (χ1n) is 5.93. The van der Waals surface area contributed by atoms with Gasteiger partial charge in [0, 0.05) is 0 Å². The van der Waals surface area contributed by atoms with Gasteiger partial charge >= 0.3 is 5.97 Å². The maximum absolute atomic E-state index is 11.5. The molecule has 0 aliphatic heterocycles. The Bertz CT molecular complexity index is 531. The Hall–Kier alpha value is -2.17. The fourth-order valence-corrected chi connectivity index (χ4v) is 1.55. The van der Waals surface area contributed by atoms with Gasteiger partial charge in [-0.15, -0.1) is 5.10 Å². The predicted octanol–water partition coefficient (Wildman–Crippen LogP) is 2.01. The van der Waals surface area contributed by atoms with Gasteiger partial charge in [-0.05, 0) is 37.6 Å². The zero-order chi connectivity index (χ0) is 13.0. The number of aryl methyl sites for hydroxylation is 1. The summed E-state index contributed by atoms with van der Waals surface area (Å²) in [6.45, 7) is 4.19. The number of hydrogen-bond acceptors (Lipinski definition) is 4. The summed E-state index contributed by atoms with van der Waals surface area (Å²) in [7, 11) is 0. The van der Waals surface area contributed by atoms with E-state index in [0.29, 0.717) is 12.2 Å². The Morgan fingerprint density at radius 3 is 2.56 bits per heavy atom. The highest BCUT2D eigenvalue weighted by Crippen LogP contribution is 2.10. The van der Waals surface area contributed by atoms with Crippen LogP contribution in [0.1, 0.15) is 29.9 Å². The molecule has 2 rings (SSSR count). The van der Waals surface area contributed by atoms with Gasteiger partial charge in [0.15, 0.2) is 0 Å². The monoisotopic (exact) mass is 245 g/mol. The molecule has 5 heteroatoms. The Balaban J connectivity index is 2.19. The van der Waals surface area contributed by atoms with Crippen LogP contribution in [0.15, 0.2) is 30.5 Å². The lowest BCUT2D eigenvalue weighted by molar-refractivity contribution is 0.0526. The zero-order valence-electron chi connectivity index (χ0n) is 10.5. The molecule has 0 saturated heterocycles. The molecule has 0 aliphatic carbocycles. The third-order valence-electron chi connectivity index (χ3n) is 2.55. The molecular weight excluding hydrogens is 230 g/mol. The number of ether oxygens (including phenoxy) is 1. The molecule has 0 N–H and O–H groups in total. The molecule has 0 saturated carbocycles. The topological polar surface area (TPSA) is 57.0 Å². The van der Waals surface area contributed by atoms with Crippen LogP contribution in [0.3, 0.4) is 0 Å². The highest BCUT2D eigenvalue weighted by Gasteiger charge is 2.07. The second-order valence-corrected chi connectivity index (χ2v) is 3.78. The van der Waals surface area contributed by atoms with Gasteiger partial charge in [-0.2, -0.15) is 0 Å². The first kappa shape index (κ1) is 12.3. The van der Waals surface area contributed by atoms with Crippen molar-refractivity contribution in [1.82, 2.24) is 15.0 Å². The van der Waals surface area contributed by atoms with Crippen molar-refractivity contribution in [3.05, 3.63) is 41.7 Å². The third-order valence-corrected chi connectivity index (χ3v) is 2.55. The van der Waals surface area contributed by atoms with Gasteiger partial charge in [0.1, 0.15) is 0 Å².